The second kappa shape index (κ2) is 4.84. The Bertz CT molecular complexity index is 160. The number of carbonyl (C=O) groups is 1. The Kier molecular flexibility index (Phi) is 4.05. The molecule has 0 radical (unpaired) electrons. The van der Waals surface area contributed by atoms with Crippen molar-refractivity contribution in [2.75, 3.05) is 25.2 Å². The first-order valence-corrected chi connectivity index (χ1v) is 5.17. The van der Waals surface area contributed by atoms with Gasteiger partial charge < -0.3 is 9.84 Å². The van der Waals surface area contributed by atoms with E-state index < -0.39 is 6.10 Å². The molecule has 0 bridgehead atoms. The van der Waals surface area contributed by atoms with E-state index in [2.05, 4.69) is 0 Å². The molecule has 1 rings (SSSR count). The number of thioether (sulfide) groups is 1. The normalized spacial score (nSPS) is 26.2. The van der Waals surface area contributed by atoms with Gasteiger partial charge in [0.15, 0.2) is 0 Å². The number of ketones is 1. The van der Waals surface area contributed by atoms with Crippen LogP contribution in [0.25, 0.3) is 0 Å². The van der Waals surface area contributed by atoms with Crippen LogP contribution >= 0.6 is 11.8 Å². The fourth-order valence-corrected chi connectivity index (χ4v) is 2.46. The molecule has 1 fully saturated rings. The topological polar surface area (TPSA) is 46.5 Å². The van der Waals surface area contributed by atoms with Crippen molar-refractivity contribution in [3.63, 3.8) is 0 Å². The molecule has 70 valence electrons. The van der Waals surface area contributed by atoms with Gasteiger partial charge in [0.05, 0.1) is 18.5 Å². The Morgan fingerprint density at radius 3 is 3.08 bits per heavy atom. The van der Waals surface area contributed by atoms with Gasteiger partial charge in [-0.25, -0.2) is 0 Å². The lowest BCUT2D eigenvalue weighted by atomic mass is 10.0. The fraction of sp³-hybridized carbons (Fsp3) is 0.875. The molecule has 1 N–H and O–H groups in total. The highest BCUT2D eigenvalue weighted by Crippen LogP contribution is 2.24. The van der Waals surface area contributed by atoms with Gasteiger partial charge in [-0.2, -0.15) is 11.8 Å². The third kappa shape index (κ3) is 2.77. The lowest BCUT2D eigenvalue weighted by Gasteiger charge is -2.12. The van der Waals surface area contributed by atoms with Crippen molar-refractivity contribution in [2.45, 2.75) is 12.5 Å². The summed E-state index contributed by atoms with van der Waals surface area (Å²) in [6.07, 6.45) is 0.0716. The third-order valence-corrected chi connectivity index (χ3v) is 3.06. The van der Waals surface area contributed by atoms with E-state index in [1.54, 1.807) is 18.9 Å². The minimum atomic E-state index is -0.484. The minimum Gasteiger partial charge on any atom is -0.391 e. The second-order valence-corrected chi connectivity index (χ2v) is 4.05. The molecule has 0 aromatic rings. The fourth-order valence-electron chi connectivity index (χ4n) is 1.30. The zero-order chi connectivity index (χ0) is 8.97. The summed E-state index contributed by atoms with van der Waals surface area (Å²) in [7, 11) is 1.55. The van der Waals surface area contributed by atoms with E-state index in [1.807, 2.05) is 0 Å². The molecule has 2 atom stereocenters. The molecule has 0 saturated carbocycles. The third-order valence-electron chi connectivity index (χ3n) is 1.93. The molecule has 0 amide bonds. The van der Waals surface area contributed by atoms with Crippen LogP contribution in [0.15, 0.2) is 0 Å². The average Bonchev–Trinajstić information content (AvgIpc) is 2.37. The van der Waals surface area contributed by atoms with Gasteiger partial charge in [0, 0.05) is 18.8 Å². The van der Waals surface area contributed by atoms with Gasteiger partial charge in [-0.1, -0.05) is 0 Å². The lowest BCUT2D eigenvalue weighted by Crippen LogP contribution is -2.22. The van der Waals surface area contributed by atoms with Crippen molar-refractivity contribution in [3.05, 3.63) is 0 Å². The average molecular weight is 190 g/mol. The molecule has 0 spiro atoms. The zero-order valence-corrected chi connectivity index (χ0v) is 7.97. The van der Waals surface area contributed by atoms with Crippen LogP contribution in [0.3, 0.4) is 0 Å². The standard InChI is InChI=1S/C8H14O3S/c1-11-3-7(9)2-6-4-12-5-8(6)10/h6-7,9H,2-5H2,1H3. The maximum atomic E-state index is 11.1. The van der Waals surface area contributed by atoms with Gasteiger partial charge in [0.25, 0.3) is 0 Å². The van der Waals surface area contributed by atoms with E-state index in [-0.39, 0.29) is 11.7 Å². The number of aliphatic hydroxyl groups is 1. The van der Waals surface area contributed by atoms with Crippen molar-refractivity contribution in [1.82, 2.24) is 0 Å². The van der Waals surface area contributed by atoms with Crippen LogP contribution in [0.4, 0.5) is 0 Å². The molecular formula is C8H14O3S. The molecule has 1 saturated heterocycles. The Morgan fingerprint density at radius 1 is 1.83 bits per heavy atom. The Labute approximate surface area is 76.5 Å². The molecule has 4 heteroatoms. The summed E-state index contributed by atoms with van der Waals surface area (Å²) >= 11 is 1.65. The maximum absolute atomic E-state index is 11.1. The minimum absolute atomic E-state index is 0.0557. The predicted octanol–water partition coefficient (Wildman–Crippen LogP) is 0.316. The largest absolute Gasteiger partial charge is 0.391 e. The number of ether oxygens (including phenoxy) is 1. The molecule has 1 heterocycles. The predicted molar refractivity (Wildman–Crippen MR) is 48.3 cm³/mol. The molecular weight excluding hydrogens is 176 g/mol. The quantitative estimate of drug-likeness (QED) is 0.693. The highest BCUT2D eigenvalue weighted by atomic mass is 32.2. The summed E-state index contributed by atoms with van der Waals surface area (Å²) in [5, 5.41) is 9.34. The number of aliphatic hydroxyl groups excluding tert-OH is 1. The second-order valence-electron chi connectivity index (χ2n) is 3.02. The van der Waals surface area contributed by atoms with Crippen LogP contribution in [-0.4, -0.2) is 42.2 Å². The molecule has 2 unspecified atom stereocenters. The molecule has 1 aliphatic heterocycles. The zero-order valence-electron chi connectivity index (χ0n) is 7.16. The van der Waals surface area contributed by atoms with Crippen molar-refractivity contribution < 1.29 is 14.6 Å². The molecule has 12 heavy (non-hydrogen) atoms. The highest BCUT2D eigenvalue weighted by Gasteiger charge is 2.26. The Morgan fingerprint density at radius 2 is 2.58 bits per heavy atom. The number of hydrogen-bond acceptors (Lipinski definition) is 4. The van der Waals surface area contributed by atoms with E-state index in [0.29, 0.717) is 18.8 Å². The van der Waals surface area contributed by atoms with Gasteiger partial charge in [-0.15, -0.1) is 0 Å². The highest BCUT2D eigenvalue weighted by molar-refractivity contribution is 8.00. The molecule has 3 nitrogen and oxygen atoms in total. The van der Waals surface area contributed by atoms with Gasteiger partial charge in [-0.3, -0.25) is 4.79 Å². The van der Waals surface area contributed by atoms with Crippen LogP contribution in [0, 0.1) is 5.92 Å². The van der Waals surface area contributed by atoms with Crippen molar-refractivity contribution in [1.29, 1.82) is 0 Å². The van der Waals surface area contributed by atoms with E-state index in [4.69, 9.17) is 4.74 Å². The van der Waals surface area contributed by atoms with Gasteiger partial charge >= 0.3 is 0 Å². The monoisotopic (exact) mass is 190 g/mol. The van der Waals surface area contributed by atoms with Gasteiger partial charge in [0.2, 0.25) is 0 Å². The van der Waals surface area contributed by atoms with Crippen LogP contribution < -0.4 is 0 Å². The van der Waals surface area contributed by atoms with Crippen molar-refractivity contribution in [2.24, 2.45) is 5.92 Å². The first kappa shape index (κ1) is 10.0. The summed E-state index contributed by atoms with van der Waals surface area (Å²) in [5.74, 6) is 1.81. The summed E-state index contributed by atoms with van der Waals surface area (Å²) in [6, 6.07) is 0. The van der Waals surface area contributed by atoms with Crippen LogP contribution in [0.1, 0.15) is 6.42 Å². The number of carbonyl (C=O) groups excluding carboxylic acids is 1. The van der Waals surface area contributed by atoms with E-state index in [9.17, 15) is 9.90 Å². The van der Waals surface area contributed by atoms with Gasteiger partial charge in [0.1, 0.15) is 5.78 Å². The smallest absolute Gasteiger partial charge is 0.146 e. The summed E-state index contributed by atoms with van der Waals surface area (Å²) in [6.45, 7) is 0.328. The van der Waals surface area contributed by atoms with Crippen molar-refractivity contribution >= 4 is 17.5 Å². The number of rotatable bonds is 4. The summed E-state index contributed by atoms with van der Waals surface area (Å²) in [5.41, 5.74) is 0. The summed E-state index contributed by atoms with van der Waals surface area (Å²) in [4.78, 5) is 11.1. The lowest BCUT2D eigenvalue weighted by molar-refractivity contribution is -0.120. The Balaban J connectivity index is 2.25. The first-order valence-electron chi connectivity index (χ1n) is 4.01. The number of hydrogen-bond donors (Lipinski definition) is 1. The maximum Gasteiger partial charge on any atom is 0.146 e. The van der Waals surface area contributed by atoms with E-state index in [0.717, 1.165) is 5.75 Å². The van der Waals surface area contributed by atoms with Crippen molar-refractivity contribution in [3.8, 4) is 0 Å². The van der Waals surface area contributed by atoms with Gasteiger partial charge in [-0.05, 0) is 6.42 Å². The summed E-state index contributed by atoms with van der Waals surface area (Å²) < 4.78 is 4.78. The molecule has 0 aliphatic carbocycles. The molecule has 0 aromatic heterocycles. The van der Waals surface area contributed by atoms with Crippen LogP contribution in [-0.2, 0) is 9.53 Å². The SMILES string of the molecule is COCC(O)CC1CSCC1=O. The Hall–Kier alpha value is -0.0600. The van der Waals surface area contributed by atoms with E-state index >= 15 is 0 Å². The van der Waals surface area contributed by atoms with Crippen LogP contribution in [0.5, 0.6) is 0 Å². The number of Topliss-reactive ketones (excluding diaryl/α,β-unsaturated/α-hetero) is 1. The first-order chi connectivity index (χ1) is 5.74. The number of methoxy groups -OCH3 is 1. The molecule has 0 aromatic carbocycles. The van der Waals surface area contributed by atoms with E-state index in [1.165, 1.54) is 0 Å². The van der Waals surface area contributed by atoms with Crippen LogP contribution in [0.2, 0.25) is 0 Å². The molecule has 1 aliphatic rings.